The minimum absolute atomic E-state index is 0.0948. The summed E-state index contributed by atoms with van der Waals surface area (Å²) in [6.07, 6.45) is 15.2. The molecule has 0 fully saturated rings. The molecule has 0 amide bonds. The molecule has 0 aliphatic rings. The van der Waals surface area contributed by atoms with E-state index in [0.717, 1.165) is 29.4 Å². The first-order valence-corrected chi connectivity index (χ1v) is 12.6. The molecule has 0 bridgehead atoms. The van der Waals surface area contributed by atoms with Crippen LogP contribution >= 0.6 is 11.8 Å². The van der Waals surface area contributed by atoms with Gasteiger partial charge in [-0.2, -0.15) is 11.8 Å². The Bertz CT molecular complexity index is 857. The summed E-state index contributed by atoms with van der Waals surface area (Å²) in [4.78, 5) is 15.9. The van der Waals surface area contributed by atoms with Crippen LogP contribution in [0, 0.1) is 5.41 Å². The molecule has 2 aromatic rings. The number of allylic oxidation sites excluding steroid dienone is 3. The molecule has 0 radical (unpaired) electrons. The van der Waals surface area contributed by atoms with E-state index in [4.69, 9.17) is 10.8 Å². The number of nitrogens with one attached hydrogen (secondary N) is 2. The number of H-pyrrole nitrogens is 2. The van der Waals surface area contributed by atoms with Crippen LogP contribution in [0.4, 0.5) is 0 Å². The highest BCUT2D eigenvalue weighted by atomic mass is 32.2. The number of hydrogen-bond donors (Lipinski definition) is 3. The average molecular weight is 459 g/mol. The molecule has 2 heterocycles. The molecule has 2 aromatic heterocycles. The molecular formula is C25H42N6S. The summed E-state index contributed by atoms with van der Waals surface area (Å²) < 4.78 is 0. The summed E-state index contributed by atoms with van der Waals surface area (Å²) in [5, 5.41) is 2.07. The van der Waals surface area contributed by atoms with Gasteiger partial charge in [0, 0.05) is 42.7 Å². The van der Waals surface area contributed by atoms with E-state index in [1.54, 1.807) is 11.3 Å². The van der Waals surface area contributed by atoms with Gasteiger partial charge in [0.25, 0.3) is 0 Å². The van der Waals surface area contributed by atoms with E-state index < -0.39 is 0 Å². The highest BCUT2D eigenvalue weighted by Crippen LogP contribution is 2.32. The van der Waals surface area contributed by atoms with Gasteiger partial charge in [0.05, 0.1) is 17.3 Å². The lowest BCUT2D eigenvalue weighted by Gasteiger charge is -2.28. The number of hydrogen-bond acceptors (Lipinski definition) is 5. The minimum atomic E-state index is -0.216. The van der Waals surface area contributed by atoms with Gasteiger partial charge in [0.2, 0.25) is 0 Å². The zero-order valence-electron chi connectivity index (χ0n) is 20.9. The Hall–Kier alpha value is -1.99. The first-order chi connectivity index (χ1) is 15.1. The summed E-state index contributed by atoms with van der Waals surface area (Å²) in [5.74, 6) is 8.42. The lowest BCUT2D eigenvalue weighted by atomic mass is 9.86. The van der Waals surface area contributed by atoms with Gasteiger partial charge in [0.15, 0.2) is 0 Å². The number of nitrogens with zero attached hydrogens (tertiary/aromatic N) is 3. The number of rotatable bonds is 12. The number of hydrazine groups is 1. The molecule has 0 aromatic carbocycles. The van der Waals surface area contributed by atoms with Crippen molar-refractivity contribution in [3.05, 3.63) is 59.9 Å². The van der Waals surface area contributed by atoms with E-state index >= 15 is 0 Å². The second-order valence-electron chi connectivity index (χ2n) is 10.0. The number of aromatic nitrogens is 4. The maximum absolute atomic E-state index is 6.33. The van der Waals surface area contributed by atoms with Crippen LogP contribution in [0.15, 0.2) is 42.6 Å². The molecule has 2 rings (SSSR count). The predicted octanol–water partition coefficient (Wildman–Crippen LogP) is 5.91. The van der Waals surface area contributed by atoms with E-state index in [9.17, 15) is 0 Å². The highest BCUT2D eigenvalue weighted by molar-refractivity contribution is 7.99. The SMILES string of the molecule is C/C=C(\C=C/N(N)CC(C)(C)c1ncc(CC(SCCCC)c2c[nH]cn2)[nH]1)C(C)(C)C. The molecule has 0 saturated carbocycles. The maximum Gasteiger partial charge on any atom is 0.113 e. The summed E-state index contributed by atoms with van der Waals surface area (Å²) in [5.41, 5.74) is 3.37. The highest BCUT2D eigenvalue weighted by Gasteiger charge is 2.26. The molecular weight excluding hydrogens is 416 g/mol. The smallest absolute Gasteiger partial charge is 0.113 e. The molecule has 1 unspecified atom stereocenters. The fourth-order valence-electron chi connectivity index (χ4n) is 3.61. The number of unbranched alkanes of at least 4 members (excludes halogenated alkanes) is 1. The summed E-state index contributed by atoms with van der Waals surface area (Å²) >= 11 is 1.97. The second-order valence-corrected chi connectivity index (χ2v) is 11.3. The Morgan fingerprint density at radius 2 is 2.00 bits per heavy atom. The van der Waals surface area contributed by atoms with Crippen molar-refractivity contribution >= 4 is 11.8 Å². The molecule has 4 N–H and O–H groups in total. The molecule has 0 spiro atoms. The Balaban J connectivity index is 2.05. The third kappa shape index (κ3) is 7.85. The second kappa shape index (κ2) is 11.8. The number of nitrogens with two attached hydrogens (primary N) is 1. The molecule has 6 nitrogen and oxygen atoms in total. The van der Waals surface area contributed by atoms with Gasteiger partial charge < -0.3 is 15.0 Å². The third-order valence-corrected chi connectivity index (χ3v) is 6.88. The fraction of sp³-hybridized carbons (Fsp3) is 0.600. The molecule has 0 aliphatic heterocycles. The first-order valence-electron chi connectivity index (χ1n) is 11.6. The van der Waals surface area contributed by atoms with Gasteiger partial charge >= 0.3 is 0 Å². The van der Waals surface area contributed by atoms with E-state index in [-0.39, 0.29) is 10.8 Å². The van der Waals surface area contributed by atoms with Gasteiger partial charge in [-0.15, -0.1) is 0 Å². The Kier molecular flexibility index (Phi) is 9.64. The van der Waals surface area contributed by atoms with Crippen molar-refractivity contribution in [3.63, 3.8) is 0 Å². The maximum atomic E-state index is 6.33. The predicted molar refractivity (Wildman–Crippen MR) is 137 cm³/mol. The van der Waals surface area contributed by atoms with Crippen molar-refractivity contribution in [2.75, 3.05) is 12.3 Å². The Morgan fingerprint density at radius 1 is 1.25 bits per heavy atom. The van der Waals surface area contributed by atoms with Gasteiger partial charge in [0.1, 0.15) is 5.82 Å². The average Bonchev–Trinajstić information content (AvgIpc) is 3.39. The van der Waals surface area contributed by atoms with Gasteiger partial charge in [-0.05, 0) is 36.2 Å². The van der Waals surface area contributed by atoms with Crippen LogP contribution in [-0.2, 0) is 11.8 Å². The van der Waals surface area contributed by atoms with Crippen LogP contribution < -0.4 is 5.84 Å². The fourth-order valence-corrected chi connectivity index (χ4v) is 4.95. The molecule has 32 heavy (non-hydrogen) atoms. The van der Waals surface area contributed by atoms with Crippen LogP contribution in [0.2, 0.25) is 0 Å². The number of imidazole rings is 2. The normalized spacial score (nSPS) is 14.3. The molecule has 7 heteroatoms. The van der Waals surface area contributed by atoms with E-state index in [0.29, 0.717) is 11.8 Å². The van der Waals surface area contributed by atoms with Crippen LogP contribution in [0.5, 0.6) is 0 Å². The van der Waals surface area contributed by atoms with Crippen LogP contribution in [0.1, 0.15) is 83.8 Å². The summed E-state index contributed by atoms with van der Waals surface area (Å²) in [6.45, 7) is 15.9. The van der Waals surface area contributed by atoms with Gasteiger partial charge in [-0.1, -0.05) is 54.0 Å². The lowest BCUT2D eigenvalue weighted by Crippen LogP contribution is -2.38. The Morgan fingerprint density at radius 3 is 2.59 bits per heavy atom. The number of thioether (sulfide) groups is 1. The quantitative estimate of drug-likeness (QED) is 0.159. The van der Waals surface area contributed by atoms with Crippen molar-refractivity contribution in [1.82, 2.24) is 24.9 Å². The van der Waals surface area contributed by atoms with Crippen LogP contribution in [0.3, 0.4) is 0 Å². The van der Waals surface area contributed by atoms with Crippen LogP contribution in [-0.4, -0.2) is 37.2 Å². The number of aromatic amines is 2. The Labute approximate surface area is 198 Å². The largest absolute Gasteiger partial charge is 0.351 e. The van der Waals surface area contributed by atoms with Crippen molar-refractivity contribution < 1.29 is 0 Å². The van der Waals surface area contributed by atoms with Crippen LogP contribution in [0.25, 0.3) is 0 Å². The van der Waals surface area contributed by atoms with Gasteiger partial charge in [-0.25, -0.2) is 15.8 Å². The van der Waals surface area contributed by atoms with E-state index in [1.807, 2.05) is 30.4 Å². The van der Waals surface area contributed by atoms with Crippen molar-refractivity contribution in [1.29, 1.82) is 0 Å². The third-order valence-electron chi connectivity index (χ3n) is 5.54. The molecule has 178 valence electrons. The standard InChI is InChI=1S/C25H42N6S/c1-8-10-13-32-22(21-16-27-18-29-21)14-20-15-28-23(30-20)25(6,7)17-31(26)12-11-19(9-2)24(3,4)5/h9,11-12,15-16,18,22H,8,10,13-14,17,26H2,1-7H3,(H,27,29)(H,28,30)/b12-11-,19-9+. The molecule has 0 saturated heterocycles. The molecule has 0 aliphatic carbocycles. The first kappa shape index (κ1) is 26.3. The summed E-state index contributed by atoms with van der Waals surface area (Å²) in [7, 11) is 0. The van der Waals surface area contributed by atoms with Crippen molar-refractivity contribution in [2.24, 2.45) is 11.3 Å². The zero-order chi connectivity index (χ0) is 23.8. The topological polar surface area (TPSA) is 86.6 Å². The monoisotopic (exact) mass is 458 g/mol. The lowest BCUT2D eigenvalue weighted by molar-refractivity contribution is 0.297. The van der Waals surface area contributed by atoms with E-state index in [2.05, 4.69) is 75.6 Å². The van der Waals surface area contributed by atoms with Crippen molar-refractivity contribution in [2.45, 2.75) is 78.4 Å². The molecule has 1 atom stereocenters. The van der Waals surface area contributed by atoms with E-state index in [1.165, 1.54) is 18.4 Å². The van der Waals surface area contributed by atoms with Crippen molar-refractivity contribution in [3.8, 4) is 0 Å². The van der Waals surface area contributed by atoms with Gasteiger partial charge in [-0.3, -0.25) is 0 Å². The zero-order valence-corrected chi connectivity index (χ0v) is 21.7. The summed E-state index contributed by atoms with van der Waals surface area (Å²) in [6, 6.07) is 0. The minimum Gasteiger partial charge on any atom is -0.351 e.